The summed E-state index contributed by atoms with van der Waals surface area (Å²) in [5.41, 5.74) is 1.28. The second-order valence-corrected chi connectivity index (χ2v) is 6.90. The first-order valence-electron chi connectivity index (χ1n) is 9.24. The van der Waals surface area contributed by atoms with E-state index < -0.39 is 0 Å². The van der Waals surface area contributed by atoms with Gasteiger partial charge < -0.3 is 14.8 Å². The summed E-state index contributed by atoms with van der Waals surface area (Å²) < 4.78 is 2.16. The molecule has 1 fully saturated rings. The molecule has 0 aliphatic carbocycles. The van der Waals surface area contributed by atoms with Gasteiger partial charge in [-0.15, -0.1) is 10.2 Å². The van der Waals surface area contributed by atoms with Crippen LogP contribution >= 0.6 is 0 Å². The van der Waals surface area contributed by atoms with Crippen molar-refractivity contribution in [1.29, 1.82) is 0 Å². The van der Waals surface area contributed by atoms with Gasteiger partial charge in [-0.1, -0.05) is 30.3 Å². The van der Waals surface area contributed by atoms with Crippen molar-refractivity contribution in [2.45, 2.75) is 44.7 Å². The molecule has 3 heterocycles. The summed E-state index contributed by atoms with van der Waals surface area (Å²) in [6, 6.07) is 10.00. The Bertz CT molecular complexity index is 802. The molecule has 0 unspecified atom stereocenters. The third-order valence-corrected chi connectivity index (χ3v) is 5.19. The fraction of sp³-hybridized carbons (Fsp3) is 0.474. The zero-order valence-corrected chi connectivity index (χ0v) is 14.7. The lowest BCUT2D eigenvalue weighted by molar-refractivity contribution is -0.134. The van der Waals surface area contributed by atoms with Gasteiger partial charge in [-0.25, -0.2) is 0 Å². The van der Waals surface area contributed by atoms with Crippen LogP contribution in [-0.4, -0.2) is 50.6 Å². The van der Waals surface area contributed by atoms with E-state index in [-0.39, 0.29) is 17.9 Å². The number of aromatic nitrogens is 3. The number of hydrogen-bond donors (Lipinski definition) is 1. The predicted octanol–water partition coefficient (Wildman–Crippen LogP) is 0.727. The third-order valence-electron chi connectivity index (χ3n) is 5.19. The highest BCUT2D eigenvalue weighted by molar-refractivity contribution is 5.90. The van der Waals surface area contributed by atoms with Crippen LogP contribution in [0.2, 0.25) is 0 Å². The summed E-state index contributed by atoms with van der Waals surface area (Å²) >= 11 is 0. The van der Waals surface area contributed by atoms with Crippen molar-refractivity contribution >= 4 is 11.8 Å². The molecule has 7 nitrogen and oxygen atoms in total. The maximum absolute atomic E-state index is 12.6. The van der Waals surface area contributed by atoms with E-state index in [1.165, 1.54) is 5.56 Å². The van der Waals surface area contributed by atoms with E-state index >= 15 is 0 Å². The highest BCUT2D eigenvalue weighted by Gasteiger charge is 2.31. The maximum Gasteiger partial charge on any atom is 0.245 e. The minimum absolute atomic E-state index is 0.0281. The number of nitrogens with zero attached hydrogens (tertiary/aromatic N) is 4. The molecule has 0 spiro atoms. The summed E-state index contributed by atoms with van der Waals surface area (Å²) in [7, 11) is 0. The quantitative estimate of drug-likeness (QED) is 0.879. The van der Waals surface area contributed by atoms with Crippen LogP contribution in [0.15, 0.2) is 30.3 Å². The van der Waals surface area contributed by atoms with Crippen molar-refractivity contribution in [3.8, 4) is 0 Å². The molecule has 2 aromatic rings. The molecule has 136 valence electrons. The molecule has 1 N–H and O–H groups in total. The Balaban J connectivity index is 1.40. The summed E-state index contributed by atoms with van der Waals surface area (Å²) in [4.78, 5) is 25.9. The van der Waals surface area contributed by atoms with Crippen LogP contribution in [0, 0.1) is 0 Å². The zero-order chi connectivity index (χ0) is 17.9. The summed E-state index contributed by atoms with van der Waals surface area (Å²) in [5.74, 6) is 1.92. The Morgan fingerprint density at radius 3 is 2.69 bits per heavy atom. The summed E-state index contributed by atoms with van der Waals surface area (Å²) in [6.07, 6.45) is 3.51. The van der Waals surface area contributed by atoms with E-state index in [1.54, 1.807) is 0 Å². The number of amides is 2. The van der Waals surface area contributed by atoms with Gasteiger partial charge in [0.2, 0.25) is 11.8 Å². The fourth-order valence-electron chi connectivity index (χ4n) is 3.71. The van der Waals surface area contributed by atoms with Gasteiger partial charge in [-0.2, -0.15) is 0 Å². The Hall–Kier alpha value is -2.70. The molecule has 2 aliphatic rings. The molecule has 0 radical (unpaired) electrons. The van der Waals surface area contributed by atoms with Gasteiger partial charge in [0.1, 0.15) is 17.7 Å². The van der Waals surface area contributed by atoms with Gasteiger partial charge in [0.05, 0.1) is 0 Å². The van der Waals surface area contributed by atoms with E-state index in [1.807, 2.05) is 23.1 Å². The van der Waals surface area contributed by atoms with Crippen molar-refractivity contribution in [2.75, 3.05) is 13.1 Å². The van der Waals surface area contributed by atoms with Crippen LogP contribution in [0.3, 0.4) is 0 Å². The first-order valence-corrected chi connectivity index (χ1v) is 9.24. The monoisotopic (exact) mass is 353 g/mol. The maximum atomic E-state index is 12.6. The van der Waals surface area contributed by atoms with Crippen LogP contribution in [-0.2, 0) is 35.4 Å². The molecular formula is C19H23N5O2. The second kappa shape index (κ2) is 7.27. The largest absolute Gasteiger partial charge is 0.344 e. The van der Waals surface area contributed by atoms with Gasteiger partial charge in [-0.05, 0) is 18.4 Å². The number of aryl methyl sites for hydroxylation is 2. The van der Waals surface area contributed by atoms with E-state index in [0.29, 0.717) is 38.9 Å². The fourth-order valence-corrected chi connectivity index (χ4v) is 3.71. The minimum atomic E-state index is -0.358. The van der Waals surface area contributed by atoms with E-state index in [0.717, 1.165) is 24.5 Å². The van der Waals surface area contributed by atoms with Crippen LogP contribution in [0.1, 0.15) is 30.1 Å². The van der Waals surface area contributed by atoms with Crippen LogP contribution in [0.5, 0.6) is 0 Å². The van der Waals surface area contributed by atoms with Crippen molar-refractivity contribution in [1.82, 2.24) is 25.0 Å². The number of fused-ring (bicyclic) bond motifs is 1. The summed E-state index contributed by atoms with van der Waals surface area (Å²) in [6.45, 7) is 1.97. The number of hydrogen-bond acceptors (Lipinski definition) is 4. The van der Waals surface area contributed by atoms with Crippen LogP contribution in [0.25, 0.3) is 0 Å². The first-order chi connectivity index (χ1) is 12.7. The normalized spacial score (nSPS) is 19.8. The zero-order valence-electron chi connectivity index (χ0n) is 14.7. The minimum Gasteiger partial charge on any atom is -0.344 e. The van der Waals surface area contributed by atoms with Gasteiger partial charge in [-0.3, -0.25) is 9.59 Å². The predicted molar refractivity (Wildman–Crippen MR) is 95.3 cm³/mol. The van der Waals surface area contributed by atoms with Crippen molar-refractivity contribution < 1.29 is 9.59 Å². The number of benzene rings is 1. The van der Waals surface area contributed by atoms with Crippen LogP contribution < -0.4 is 5.32 Å². The Kier molecular flexibility index (Phi) is 4.69. The van der Waals surface area contributed by atoms with Crippen molar-refractivity contribution in [3.63, 3.8) is 0 Å². The first kappa shape index (κ1) is 16.8. The Morgan fingerprint density at radius 1 is 1.08 bits per heavy atom. The smallest absolute Gasteiger partial charge is 0.245 e. The highest BCUT2D eigenvalue weighted by atomic mass is 16.2. The second-order valence-electron chi connectivity index (χ2n) is 6.90. The average Bonchev–Trinajstić information content (AvgIpc) is 3.20. The highest BCUT2D eigenvalue weighted by Crippen LogP contribution is 2.15. The molecule has 26 heavy (non-hydrogen) atoms. The topological polar surface area (TPSA) is 80.1 Å². The van der Waals surface area contributed by atoms with Crippen molar-refractivity contribution in [2.24, 2.45) is 0 Å². The Morgan fingerprint density at radius 2 is 1.92 bits per heavy atom. The van der Waals surface area contributed by atoms with E-state index in [4.69, 9.17) is 0 Å². The molecule has 1 atom stereocenters. The van der Waals surface area contributed by atoms with Crippen molar-refractivity contribution in [3.05, 3.63) is 47.5 Å². The molecule has 7 heteroatoms. The number of carbonyl (C=O) groups is 2. The molecule has 1 aromatic carbocycles. The molecule has 4 rings (SSSR count). The number of nitrogens with one attached hydrogen (secondary N) is 1. The number of carbonyl (C=O) groups excluding carboxylic acids is 2. The molecule has 1 saturated heterocycles. The van der Waals surface area contributed by atoms with E-state index in [2.05, 4.69) is 32.2 Å². The average molecular weight is 353 g/mol. The molecule has 0 bridgehead atoms. The third kappa shape index (κ3) is 3.47. The SMILES string of the molecule is O=C1CC[C@H](C(=O)N2CCc3nnc(CCc4ccccc4)n3CC2)N1. The van der Waals surface area contributed by atoms with Gasteiger partial charge >= 0.3 is 0 Å². The molecule has 2 aliphatic heterocycles. The molecule has 0 saturated carbocycles. The van der Waals surface area contributed by atoms with E-state index in [9.17, 15) is 9.59 Å². The van der Waals surface area contributed by atoms with Gasteiger partial charge in [0, 0.05) is 38.9 Å². The molecular weight excluding hydrogens is 330 g/mol. The van der Waals surface area contributed by atoms with Gasteiger partial charge in [0.25, 0.3) is 0 Å². The Labute approximate surface area is 152 Å². The summed E-state index contributed by atoms with van der Waals surface area (Å²) in [5, 5.41) is 11.5. The molecule has 1 aromatic heterocycles. The molecule has 2 amide bonds. The lowest BCUT2D eigenvalue weighted by Crippen LogP contribution is -2.45. The lowest BCUT2D eigenvalue weighted by Gasteiger charge is -2.23. The number of rotatable bonds is 4. The van der Waals surface area contributed by atoms with Gasteiger partial charge in [0.15, 0.2) is 0 Å². The van der Waals surface area contributed by atoms with Crippen LogP contribution in [0.4, 0.5) is 0 Å². The standard InChI is InChI=1S/C19H23N5O2/c25-18-9-7-15(20-18)19(26)23-11-10-17-22-21-16(24(17)13-12-23)8-6-14-4-2-1-3-5-14/h1-5,15H,6-13H2,(H,20,25)/t15-/m1/s1. The lowest BCUT2D eigenvalue weighted by atomic mass is 10.1.